The quantitative estimate of drug-likeness (QED) is 0.108. The number of carbonyl (C=O) groups excluding carboxylic acids is 2. The van der Waals surface area contributed by atoms with E-state index in [4.69, 9.17) is 21.6 Å². The number of ether oxygens (including phenoxy) is 1. The second kappa shape index (κ2) is 21.9. The Bertz CT molecular complexity index is 1810. The van der Waals surface area contributed by atoms with E-state index in [9.17, 15) is 19.8 Å². The van der Waals surface area contributed by atoms with E-state index in [2.05, 4.69) is 97.5 Å². The van der Waals surface area contributed by atoms with Crippen LogP contribution in [-0.2, 0) is 20.9 Å². The van der Waals surface area contributed by atoms with E-state index in [-0.39, 0.29) is 52.2 Å². The summed E-state index contributed by atoms with van der Waals surface area (Å²) in [7, 11) is 4.18. The molecule has 10 atom stereocenters. The zero-order chi connectivity index (χ0) is 47.9. The maximum absolute atomic E-state index is 14.3. The number of allylic oxidation sites excluding steroid dienone is 2. The molecule has 5 aliphatic rings. The number of halogens is 1. The van der Waals surface area contributed by atoms with Crippen LogP contribution in [0.1, 0.15) is 145 Å². The number of carbonyl (C=O) groups is 2. The number of esters is 1. The predicted octanol–water partition coefficient (Wildman–Crippen LogP) is 11.9. The molecule has 9 unspecified atom stereocenters. The molecule has 0 aliphatic heterocycles. The third kappa shape index (κ3) is 10.6. The smallest absolute Gasteiger partial charge is 0.307 e. The number of fused-ring (bicyclic) bond motifs is 7. The van der Waals surface area contributed by atoms with Gasteiger partial charge in [-0.05, 0) is 136 Å². The zero-order valence-electron chi connectivity index (χ0n) is 41.2. The van der Waals surface area contributed by atoms with Gasteiger partial charge in [0.2, 0.25) is 0 Å². The van der Waals surface area contributed by atoms with Gasteiger partial charge in [0.05, 0.1) is 18.3 Å². The summed E-state index contributed by atoms with van der Waals surface area (Å²) < 4.78 is 6.38. The zero-order valence-corrected chi connectivity index (χ0v) is 42.0. The van der Waals surface area contributed by atoms with Crippen LogP contribution in [0, 0.1) is 81.3 Å². The highest BCUT2D eigenvalue weighted by molar-refractivity contribution is 6.30. The van der Waals surface area contributed by atoms with Gasteiger partial charge < -0.3 is 19.8 Å². The topological polar surface area (TPSA) is 114 Å². The SMILES string of the molecule is C#C.C#N.C=C(O)C(C)(C)CC(=O)OC1CCC2(C)C(CCC3(C)C4CCC5([C@H](O)CN(CCN(C)C)Cc6cccc(Cl)c6)CC(=O)C(C(C)C)=C5C4CCC32)C1(C)CC.CC. The summed E-state index contributed by atoms with van der Waals surface area (Å²) in [4.78, 5) is 32.2. The average molecular weight is 891 g/mol. The summed E-state index contributed by atoms with van der Waals surface area (Å²) in [6.45, 7) is 32.0. The number of benzene rings is 1. The molecule has 0 aromatic heterocycles. The molecule has 0 saturated heterocycles. The highest BCUT2D eigenvalue weighted by atomic mass is 35.5. The molecule has 352 valence electrons. The Morgan fingerprint density at radius 3 is 2.21 bits per heavy atom. The summed E-state index contributed by atoms with van der Waals surface area (Å²) in [6.07, 6.45) is 16.9. The van der Waals surface area contributed by atoms with Crippen molar-refractivity contribution in [3.63, 3.8) is 0 Å². The van der Waals surface area contributed by atoms with Crippen molar-refractivity contribution in [3.8, 4) is 19.4 Å². The Morgan fingerprint density at radius 2 is 1.63 bits per heavy atom. The number of aliphatic hydroxyl groups excluding tert-OH is 2. The molecular weight excluding hydrogens is 806 g/mol. The summed E-state index contributed by atoms with van der Waals surface area (Å²) in [5.41, 5.74) is 2.35. The highest BCUT2D eigenvalue weighted by Crippen LogP contribution is 2.73. The van der Waals surface area contributed by atoms with Crippen molar-refractivity contribution < 1.29 is 24.5 Å². The number of aliphatic hydroxyl groups is 2. The Kier molecular flexibility index (Phi) is 18.8. The first kappa shape index (κ1) is 54.2. The first-order valence-corrected chi connectivity index (χ1v) is 24.2. The van der Waals surface area contributed by atoms with Crippen LogP contribution in [0.2, 0.25) is 5.02 Å². The molecule has 0 spiro atoms. The third-order valence-electron chi connectivity index (χ3n) is 17.0. The lowest BCUT2D eigenvalue weighted by molar-refractivity contribution is -0.219. The Balaban J connectivity index is 0.00000169. The molecule has 0 heterocycles. The summed E-state index contributed by atoms with van der Waals surface area (Å²) in [5.74, 6) is 1.91. The number of terminal acetylenes is 1. The van der Waals surface area contributed by atoms with E-state index in [1.807, 2.05) is 45.9 Å². The Morgan fingerprint density at radius 1 is 1.00 bits per heavy atom. The molecule has 8 nitrogen and oxygen atoms in total. The fourth-order valence-corrected chi connectivity index (χ4v) is 14.0. The van der Waals surface area contributed by atoms with Crippen LogP contribution in [0.25, 0.3) is 0 Å². The van der Waals surface area contributed by atoms with E-state index in [1.165, 1.54) is 5.57 Å². The minimum Gasteiger partial charge on any atom is -0.512 e. The molecule has 4 saturated carbocycles. The van der Waals surface area contributed by atoms with Gasteiger partial charge in [-0.1, -0.05) is 105 Å². The van der Waals surface area contributed by atoms with E-state index >= 15 is 0 Å². The molecule has 1 aromatic rings. The standard InChI is InChI=1S/C49H75ClN2O5.C2H6.C2H2.CHN/c1-12-46(7)39-19-21-47(8)36-18-23-49(40(55)30-52(25-24-51(10)11)29-33-14-13-15-34(50)26-33)27-37(54)43(31(2)3)44(49)35(36)16-17-38(47)48(39,9)22-20-41(46)57-42(56)28-45(5,6)32(4)53;3*1-2/h13-15,26,31,35-36,38-41,53,55H,4,12,16-25,27-30H2,1-3,5-11H3;1-2H3;1-2H;1H/t35?,36?,38?,39?,40-,41?,46?,47?,48?,49?;;;/m1.../s1. The van der Waals surface area contributed by atoms with Crippen LogP contribution in [0.4, 0.5) is 0 Å². The van der Waals surface area contributed by atoms with Gasteiger partial charge in [0.1, 0.15) is 6.10 Å². The molecule has 63 heavy (non-hydrogen) atoms. The number of ketones is 1. The minimum atomic E-state index is -0.723. The summed E-state index contributed by atoms with van der Waals surface area (Å²) in [5, 5.41) is 30.0. The van der Waals surface area contributed by atoms with Crippen molar-refractivity contribution in [2.24, 2.45) is 56.7 Å². The fourth-order valence-electron chi connectivity index (χ4n) is 13.8. The van der Waals surface area contributed by atoms with Crippen LogP contribution in [0.3, 0.4) is 0 Å². The number of likely N-dealkylation sites (N-methyl/N-ethyl adjacent to an activating group) is 1. The number of rotatable bonds is 14. The molecule has 4 fully saturated rings. The van der Waals surface area contributed by atoms with Crippen molar-refractivity contribution in [3.05, 3.63) is 58.3 Å². The third-order valence-corrected chi connectivity index (χ3v) is 17.3. The van der Waals surface area contributed by atoms with Crippen LogP contribution in [0.15, 0.2) is 47.7 Å². The number of nitriles is 1. The summed E-state index contributed by atoms with van der Waals surface area (Å²) >= 11 is 6.41. The molecule has 9 heteroatoms. The lowest BCUT2D eigenvalue weighted by Crippen LogP contribution is -2.63. The lowest BCUT2D eigenvalue weighted by Gasteiger charge is -2.69. The number of hydrogen-bond donors (Lipinski definition) is 2. The number of nitrogens with zero attached hydrogens (tertiary/aromatic N) is 3. The molecule has 0 radical (unpaired) electrons. The van der Waals surface area contributed by atoms with Gasteiger partial charge in [0, 0.05) is 60.4 Å². The fraction of sp³-hybridized carbons (Fsp3) is 0.722. The first-order chi connectivity index (χ1) is 29.6. The minimum absolute atomic E-state index is 0.0135. The maximum atomic E-state index is 14.3. The van der Waals surface area contributed by atoms with Crippen LogP contribution >= 0.6 is 11.6 Å². The maximum Gasteiger partial charge on any atom is 0.307 e. The van der Waals surface area contributed by atoms with Crippen molar-refractivity contribution in [2.45, 2.75) is 159 Å². The van der Waals surface area contributed by atoms with Crippen molar-refractivity contribution in [1.82, 2.24) is 9.80 Å². The summed E-state index contributed by atoms with van der Waals surface area (Å²) in [6, 6.07) is 8.04. The predicted molar refractivity (Wildman–Crippen MR) is 259 cm³/mol. The van der Waals surface area contributed by atoms with Crippen molar-refractivity contribution in [1.29, 1.82) is 5.26 Å². The van der Waals surface area contributed by atoms with Crippen molar-refractivity contribution in [2.75, 3.05) is 33.7 Å². The molecule has 2 N–H and O–H groups in total. The van der Waals surface area contributed by atoms with Gasteiger partial charge in [-0.25, -0.2) is 5.26 Å². The van der Waals surface area contributed by atoms with Gasteiger partial charge in [0.25, 0.3) is 0 Å². The molecule has 1 aromatic carbocycles. The largest absolute Gasteiger partial charge is 0.512 e. The van der Waals surface area contributed by atoms with Gasteiger partial charge >= 0.3 is 5.97 Å². The van der Waals surface area contributed by atoms with E-state index in [1.54, 1.807) is 0 Å². The van der Waals surface area contributed by atoms with Crippen molar-refractivity contribution >= 4 is 23.4 Å². The molecular formula is C54H84ClN3O5. The van der Waals surface area contributed by atoms with E-state index < -0.39 is 16.9 Å². The van der Waals surface area contributed by atoms with E-state index in [0.717, 1.165) is 87.0 Å². The molecule has 6 rings (SSSR count). The molecule has 0 bridgehead atoms. The lowest BCUT2D eigenvalue weighted by atomic mass is 9.36. The number of hydrogen-bond acceptors (Lipinski definition) is 8. The van der Waals surface area contributed by atoms with Crippen LogP contribution in [0.5, 0.6) is 0 Å². The molecule has 5 aliphatic carbocycles. The monoisotopic (exact) mass is 890 g/mol. The molecule has 0 amide bonds. The second-order valence-electron chi connectivity index (χ2n) is 21.3. The second-order valence-corrected chi connectivity index (χ2v) is 21.7. The number of Topliss-reactive ketones (excluding diaryl/α,β-unsaturated/α-hetero) is 1. The normalized spacial score (nSPS) is 32.6. The van der Waals surface area contributed by atoms with E-state index in [0.29, 0.717) is 43.2 Å². The van der Waals surface area contributed by atoms with Gasteiger partial charge in [-0.3, -0.25) is 14.5 Å². The Labute approximate surface area is 388 Å². The van der Waals surface area contributed by atoms with Gasteiger partial charge in [-0.15, -0.1) is 12.8 Å². The Hall–Kier alpha value is -3.14. The van der Waals surface area contributed by atoms with Crippen LogP contribution in [-0.4, -0.2) is 77.7 Å². The first-order valence-electron chi connectivity index (χ1n) is 23.9. The van der Waals surface area contributed by atoms with Gasteiger partial charge in [0.15, 0.2) is 5.78 Å². The van der Waals surface area contributed by atoms with Gasteiger partial charge in [-0.2, -0.15) is 0 Å². The average Bonchev–Trinajstić information content (AvgIpc) is 3.56. The highest BCUT2D eigenvalue weighted by Gasteiger charge is 2.67. The van der Waals surface area contributed by atoms with Crippen LogP contribution < -0.4 is 0 Å².